The third kappa shape index (κ3) is 4.97. The van der Waals surface area contributed by atoms with Crippen molar-refractivity contribution in [1.29, 1.82) is 0 Å². The van der Waals surface area contributed by atoms with Crippen LogP contribution in [0.15, 0.2) is 29.2 Å². The van der Waals surface area contributed by atoms with E-state index in [2.05, 4.69) is 11.2 Å². The molecule has 1 saturated heterocycles. The Labute approximate surface area is 150 Å². The number of carbonyl (C=O) groups is 1. The van der Waals surface area contributed by atoms with Crippen LogP contribution in [-0.4, -0.2) is 62.8 Å². The lowest BCUT2D eigenvalue weighted by atomic mass is 10.2. The Bertz CT molecular complexity index is 778. The zero-order valence-electron chi connectivity index (χ0n) is 13.8. The topological polar surface area (TPSA) is 69.7 Å². The Morgan fingerprint density at radius 2 is 1.73 bits per heavy atom. The van der Waals surface area contributed by atoms with Crippen LogP contribution in [0.5, 0.6) is 0 Å². The minimum Gasteiger partial charge on any atom is -0.344 e. The van der Waals surface area contributed by atoms with Crippen LogP contribution in [0.4, 0.5) is 13.2 Å². The normalized spacial score (nSPS) is 16.8. The van der Waals surface area contributed by atoms with E-state index >= 15 is 0 Å². The molecule has 0 bridgehead atoms. The first kappa shape index (κ1) is 20.2. The number of piperazine rings is 1. The summed E-state index contributed by atoms with van der Waals surface area (Å²) in [5, 5.41) is 2.52. The van der Waals surface area contributed by atoms with Gasteiger partial charge in [-0.15, -0.1) is 6.42 Å². The highest BCUT2D eigenvalue weighted by atomic mass is 32.2. The predicted octanol–water partition coefficient (Wildman–Crippen LogP) is 0.761. The van der Waals surface area contributed by atoms with Crippen LogP contribution >= 0.6 is 0 Å². The molecule has 1 N–H and O–H groups in total. The van der Waals surface area contributed by atoms with Gasteiger partial charge >= 0.3 is 6.18 Å². The molecule has 1 aromatic carbocycles. The third-order valence-corrected chi connectivity index (χ3v) is 5.82. The van der Waals surface area contributed by atoms with Crippen LogP contribution in [0.2, 0.25) is 0 Å². The van der Waals surface area contributed by atoms with Gasteiger partial charge in [-0.25, -0.2) is 8.42 Å². The molecule has 0 atom stereocenters. The van der Waals surface area contributed by atoms with Gasteiger partial charge in [0.05, 0.1) is 23.5 Å². The van der Waals surface area contributed by atoms with E-state index in [0.717, 1.165) is 24.3 Å². The Morgan fingerprint density at radius 3 is 2.23 bits per heavy atom. The summed E-state index contributed by atoms with van der Waals surface area (Å²) in [6.07, 6.45) is 0.530. The summed E-state index contributed by atoms with van der Waals surface area (Å²) in [7, 11) is -3.88. The molecule has 2 rings (SSSR count). The van der Waals surface area contributed by atoms with E-state index < -0.39 is 21.8 Å². The van der Waals surface area contributed by atoms with Crippen molar-refractivity contribution in [3.8, 4) is 12.3 Å². The van der Waals surface area contributed by atoms with E-state index in [9.17, 15) is 26.4 Å². The molecule has 1 aliphatic rings. The number of alkyl halides is 3. The Kier molecular flexibility index (Phi) is 6.28. The number of rotatable bonds is 5. The highest BCUT2D eigenvalue weighted by Crippen LogP contribution is 2.30. The molecule has 1 heterocycles. The first-order chi connectivity index (χ1) is 12.1. The maximum atomic E-state index is 12.6. The van der Waals surface area contributed by atoms with Gasteiger partial charge in [-0.2, -0.15) is 17.5 Å². The molecule has 6 nitrogen and oxygen atoms in total. The monoisotopic (exact) mass is 389 g/mol. The number of amides is 1. The average molecular weight is 389 g/mol. The fourth-order valence-electron chi connectivity index (χ4n) is 2.50. The SMILES string of the molecule is C#CCNC(=O)CN1CCN(S(=O)(=O)c2ccc(C(F)(F)F)cc2)CC1. The number of sulfonamides is 1. The van der Waals surface area contributed by atoms with Crippen LogP contribution in [0, 0.1) is 12.3 Å². The highest BCUT2D eigenvalue weighted by Gasteiger charge is 2.32. The number of carbonyl (C=O) groups excluding carboxylic acids is 1. The van der Waals surface area contributed by atoms with Gasteiger partial charge in [-0.3, -0.25) is 9.69 Å². The standard InChI is InChI=1S/C16H18F3N3O3S/c1-2-7-20-15(23)12-21-8-10-22(11-9-21)26(24,25)14-5-3-13(4-6-14)16(17,18)19/h1,3-6H,7-12H2,(H,20,23). The van der Waals surface area contributed by atoms with Crippen LogP contribution in [0.25, 0.3) is 0 Å². The lowest BCUT2D eigenvalue weighted by Gasteiger charge is -2.33. The van der Waals surface area contributed by atoms with Gasteiger partial charge in [0.1, 0.15) is 0 Å². The van der Waals surface area contributed by atoms with Crippen molar-refractivity contribution in [1.82, 2.24) is 14.5 Å². The fraction of sp³-hybridized carbons (Fsp3) is 0.438. The minimum absolute atomic E-state index is 0.107. The number of benzene rings is 1. The zero-order chi connectivity index (χ0) is 19.4. The van der Waals surface area contributed by atoms with E-state index in [1.54, 1.807) is 4.90 Å². The van der Waals surface area contributed by atoms with Crippen molar-refractivity contribution in [2.75, 3.05) is 39.3 Å². The van der Waals surface area contributed by atoms with Crippen molar-refractivity contribution in [3.05, 3.63) is 29.8 Å². The first-order valence-electron chi connectivity index (χ1n) is 7.74. The Balaban J connectivity index is 1.97. The molecule has 26 heavy (non-hydrogen) atoms. The number of halogens is 3. The van der Waals surface area contributed by atoms with E-state index in [0.29, 0.717) is 13.1 Å². The van der Waals surface area contributed by atoms with Crippen molar-refractivity contribution >= 4 is 15.9 Å². The van der Waals surface area contributed by atoms with E-state index in [1.165, 1.54) is 4.31 Å². The number of hydrogen-bond acceptors (Lipinski definition) is 4. The van der Waals surface area contributed by atoms with E-state index in [4.69, 9.17) is 6.42 Å². The van der Waals surface area contributed by atoms with Gasteiger partial charge < -0.3 is 5.32 Å². The molecule has 0 aliphatic carbocycles. The summed E-state index contributed by atoms with van der Waals surface area (Å²) in [6.45, 7) is 1.20. The average Bonchev–Trinajstić information content (AvgIpc) is 2.60. The summed E-state index contributed by atoms with van der Waals surface area (Å²) in [6, 6.07) is 3.41. The second-order valence-electron chi connectivity index (χ2n) is 5.68. The molecule has 0 unspecified atom stereocenters. The van der Waals surface area contributed by atoms with Crippen LogP contribution in [0.1, 0.15) is 5.56 Å². The number of terminal acetylenes is 1. The number of hydrogen-bond donors (Lipinski definition) is 1. The molecule has 1 aliphatic heterocycles. The second kappa shape index (κ2) is 8.07. The molecule has 0 saturated carbocycles. The molecule has 0 spiro atoms. The molecular weight excluding hydrogens is 371 g/mol. The summed E-state index contributed by atoms with van der Waals surface area (Å²) >= 11 is 0. The smallest absolute Gasteiger partial charge is 0.344 e. The maximum absolute atomic E-state index is 12.6. The second-order valence-corrected chi connectivity index (χ2v) is 7.62. The largest absolute Gasteiger partial charge is 0.416 e. The van der Waals surface area contributed by atoms with Crippen molar-refractivity contribution < 1.29 is 26.4 Å². The van der Waals surface area contributed by atoms with E-state index in [1.807, 2.05) is 0 Å². The summed E-state index contributed by atoms with van der Waals surface area (Å²) < 4.78 is 64.0. The first-order valence-corrected chi connectivity index (χ1v) is 9.18. The molecule has 1 amide bonds. The molecule has 1 aromatic rings. The predicted molar refractivity (Wildman–Crippen MR) is 88.5 cm³/mol. The van der Waals surface area contributed by atoms with Crippen LogP contribution in [0.3, 0.4) is 0 Å². The van der Waals surface area contributed by atoms with Crippen molar-refractivity contribution in [2.24, 2.45) is 0 Å². The molecule has 1 fully saturated rings. The third-order valence-electron chi connectivity index (χ3n) is 3.91. The van der Waals surface area contributed by atoms with Gasteiger partial charge in [0.2, 0.25) is 15.9 Å². The summed E-state index contributed by atoms with van der Waals surface area (Å²) in [5.41, 5.74) is -0.903. The molecule has 10 heteroatoms. The molecule has 0 radical (unpaired) electrons. The number of nitrogens with one attached hydrogen (secondary N) is 1. The molecule has 0 aromatic heterocycles. The Morgan fingerprint density at radius 1 is 1.15 bits per heavy atom. The maximum Gasteiger partial charge on any atom is 0.416 e. The molecular formula is C16H18F3N3O3S. The van der Waals surface area contributed by atoms with Crippen molar-refractivity contribution in [3.63, 3.8) is 0 Å². The summed E-state index contributed by atoms with van der Waals surface area (Å²) in [5.74, 6) is 2.04. The summed E-state index contributed by atoms with van der Waals surface area (Å²) in [4.78, 5) is 13.2. The van der Waals surface area contributed by atoms with Gasteiger partial charge in [0, 0.05) is 26.2 Å². The van der Waals surface area contributed by atoms with Gasteiger partial charge in [0.15, 0.2) is 0 Å². The van der Waals surface area contributed by atoms with Gasteiger partial charge in [-0.1, -0.05) is 5.92 Å². The fourth-order valence-corrected chi connectivity index (χ4v) is 3.92. The zero-order valence-corrected chi connectivity index (χ0v) is 14.6. The molecule has 142 valence electrons. The van der Waals surface area contributed by atoms with Gasteiger partial charge in [-0.05, 0) is 24.3 Å². The lowest BCUT2D eigenvalue weighted by molar-refractivity contribution is -0.137. The van der Waals surface area contributed by atoms with Crippen LogP contribution < -0.4 is 5.32 Å². The minimum atomic E-state index is -4.52. The quantitative estimate of drug-likeness (QED) is 0.755. The highest BCUT2D eigenvalue weighted by molar-refractivity contribution is 7.89. The Hall–Kier alpha value is -2.09. The van der Waals surface area contributed by atoms with Crippen LogP contribution in [-0.2, 0) is 21.0 Å². The number of nitrogens with zero attached hydrogens (tertiary/aromatic N) is 2. The van der Waals surface area contributed by atoms with Crippen molar-refractivity contribution in [2.45, 2.75) is 11.1 Å². The lowest BCUT2D eigenvalue weighted by Crippen LogP contribution is -2.51. The van der Waals surface area contributed by atoms with Gasteiger partial charge in [0.25, 0.3) is 0 Å². The van der Waals surface area contributed by atoms with E-state index in [-0.39, 0.29) is 37.0 Å².